The minimum Gasteiger partial charge on any atom is -0.406 e. The van der Waals surface area contributed by atoms with Crippen molar-refractivity contribution in [2.24, 2.45) is 5.92 Å². The van der Waals surface area contributed by atoms with E-state index >= 15 is 0 Å². The summed E-state index contributed by atoms with van der Waals surface area (Å²) >= 11 is 1.73. The molecule has 0 aliphatic carbocycles. The van der Waals surface area contributed by atoms with E-state index in [1.807, 2.05) is 27.7 Å². The summed E-state index contributed by atoms with van der Waals surface area (Å²) in [6.07, 6.45) is -0.223. The molecule has 0 aromatic carbocycles. The van der Waals surface area contributed by atoms with Crippen molar-refractivity contribution in [1.29, 1.82) is 0 Å². The van der Waals surface area contributed by atoms with E-state index in [9.17, 15) is 4.79 Å². The summed E-state index contributed by atoms with van der Waals surface area (Å²) in [4.78, 5) is 11.8. The van der Waals surface area contributed by atoms with Crippen LogP contribution in [0.2, 0.25) is 0 Å². The molecule has 86 valence electrons. The van der Waals surface area contributed by atoms with Crippen molar-refractivity contribution in [3.05, 3.63) is 0 Å². The highest BCUT2D eigenvalue weighted by atomic mass is 32.2. The van der Waals surface area contributed by atoms with E-state index < -0.39 is 5.60 Å². The molecule has 0 bridgehead atoms. The van der Waals surface area contributed by atoms with E-state index in [1.54, 1.807) is 16.3 Å². The van der Waals surface area contributed by atoms with Crippen LogP contribution in [0.4, 0.5) is 4.79 Å². The molecule has 0 radical (unpaired) electrons. The molecule has 1 unspecified atom stereocenters. The number of hydrogen-bond donors (Lipinski definition) is 0. The van der Waals surface area contributed by atoms with Crippen molar-refractivity contribution >= 4 is 22.9 Å². The van der Waals surface area contributed by atoms with Crippen molar-refractivity contribution in [2.45, 2.75) is 40.2 Å². The van der Waals surface area contributed by atoms with E-state index in [1.165, 1.54) is 0 Å². The number of carbonyl (C=O) groups is 1. The number of hydrogen-bond acceptors (Lipinski definition) is 3. The molecule has 3 nitrogen and oxygen atoms in total. The van der Waals surface area contributed by atoms with E-state index in [4.69, 9.17) is 4.74 Å². The van der Waals surface area contributed by atoms with E-state index in [0.717, 1.165) is 17.3 Å². The second-order valence-electron chi connectivity index (χ2n) is 5.03. The number of rotatable bonds is 0. The molecule has 0 fully saturated rings. The average molecular weight is 230 g/mol. The third kappa shape index (κ3) is 3.86. The first-order valence-electron chi connectivity index (χ1n) is 5.26. The summed E-state index contributed by atoms with van der Waals surface area (Å²) in [6, 6.07) is 0. The van der Waals surface area contributed by atoms with Gasteiger partial charge in [-0.2, -0.15) is 4.79 Å². The molecule has 4 heteroatoms. The Morgan fingerprint density at radius 2 is 2.13 bits per heavy atom. The summed E-state index contributed by atoms with van der Waals surface area (Å²) in [5, 5.41) is 1.04. The van der Waals surface area contributed by atoms with Crippen molar-refractivity contribution in [3.63, 3.8) is 0 Å². The highest BCUT2D eigenvalue weighted by Crippen LogP contribution is 2.18. The van der Waals surface area contributed by atoms with Gasteiger partial charge in [0.2, 0.25) is 5.04 Å². The van der Waals surface area contributed by atoms with Crippen LogP contribution in [-0.4, -0.2) is 33.6 Å². The fraction of sp³-hybridized carbons (Fsp3) is 0.818. The first-order valence-corrected chi connectivity index (χ1v) is 6.25. The zero-order chi connectivity index (χ0) is 11.6. The SMILES string of the molecule is CC1=[N+](C(=O)OC(C)(C)C)CC(C)CS1. The standard InChI is InChI=1S/C11H20NO2S/c1-8-6-12(9(2)15-7-8)10(13)14-11(3,4)5/h8H,6-7H2,1-5H3/q+1. The van der Waals surface area contributed by atoms with Gasteiger partial charge in [-0.25, -0.2) is 0 Å². The maximum absolute atomic E-state index is 11.8. The van der Waals surface area contributed by atoms with E-state index in [2.05, 4.69) is 6.92 Å². The number of amides is 1. The van der Waals surface area contributed by atoms with Gasteiger partial charge in [-0.3, -0.25) is 0 Å². The van der Waals surface area contributed by atoms with Crippen LogP contribution < -0.4 is 0 Å². The van der Waals surface area contributed by atoms with Gasteiger partial charge in [0.25, 0.3) is 0 Å². The molecule has 1 rings (SSSR count). The van der Waals surface area contributed by atoms with Gasteiger partial charge in [-0.1, -0.05) is 18.7 Å². The fourth-order valence-electron chi connectivity index (χ4n) is 1.35. The maximum atomic E-state index is 11.8. The van der Waals surface area contributed by atoms with Gasteiger partial charge in [0.15, 0.2) is 6.54 Å². The largest absolute Gasteiger partial charge is 0.597 e. The predicted molar refractivity (Wildman–Crippen MR) is 63.7 cm³/mol. The lowest BCUT2D eigenvalue weighted by Crippen LogP contribution is -2.38. The summed E-state index contributed by atoms with van der Waals surface area (Å²) in [5.74, 6) is 1.62. The molecule has 0 spiro atoms. The molecule has 0 saturated heterocycles. The third-order valence-corrected chi connectivity index (χ3v) is 3.44. The lowest BCUT2D eigenvalue weighted by molar-refractivity contribution is -0.456. The Morgan fingerprint density at radius 1 is 1.53 bits per heavy atom. The predicted octanol–water partition coefficient (Wildman–Crippen LogP) is 2.74. The lowest BCUT2D eigenvalue weighted by Gasteiger charge is -2.20. The topological polar surface area (TPSA) is 29.3 Å². The Bertz CT molecular complexity index is 291. The zero-order valence-electron chi connectivity index (χ0n) is 10.2. The summed E-state index contributed by atoms with van der Waals surface area (Å²) in [5.41, 5.74) is -0.414. The Kier molecular flexibility index (Phi) is 3.82. The summed E-state index contributed by atoms with van der Waals surface area (Å²) < 4.78 is 7.09. The molecule has 1 atom stereocenters. The zero-order valence-corrected chi connectivity index (χ0v) is 11.0. The first kappa shape index (κ1) is 12.6. The van der Waals surface area contributed by atoms with Gasteiger partial charge < -0.3 is 4.74 Å². The summed E-state index contributed by atoms with van der Waals surface area (Å²) in [6.45, 7) is 10.6. The molecular weight excluding hydrogens is 210 g/mol. The Morgan fingerprint density at radius 3 is 2.67 bits per heavy atom. The molecule has 0 N–H and O–H groups in total. The van der Waals surface area contributed by atoms with Crippen molar-refractivity contribution in [1.82, 2.24) is 0 Å². The molecule has 0 aromatic rings. The number of nitrogens with zero attached hydrogens (tertiary/aromatic N) is 1. The Labute approximate surface area is 95.9 Å². The molecule has 1 amide bonds. The van der Waals surface area contributed by atoms with Gasteiger partial charge in [0, 0.05) is 18.6 Å². The third-order valence-electron chi connectivity index (χ3n) is 2.06. The van der Waals surface area contributed by atoms with Gasteiger partial charge in [0.1, 0.15) is 5.60 Å². The van der Waals surface area contributed by atoms with Crippen molar-refractivity contribution in [2.75, 3.05) is 12.3 Å². The number of carbonyl (C=O) groups excluding carboxylic acids is 1. The van der Waals surface area contributed by atoms with Crippen LogP contribution in [0, 0.1) is 5.92 Å². The Balaban J connectivity index is 2.74. The quantitative estimate of drug-likeness (QED) is 0.599. The van der Waals surface area contributed by atoms with Gasteiger partial charge in [0.05, 0.1) is 0 Å². The number of thioether (sulfide) groups is 1. The van der Waals surface area contributed by atoms with Crippen molar-refractivity contribution < 1.29 is 14.1 Å². The van der Waals surface area contributed by atoms with Crippen LogP contribution in [0.5, 0.6) is 0 Å². The highest BCUT2D eigenvalue weighted by Gasteiger charge is 2.33. The highest BCUT2D eigenvalue weighted by molar-refractivity contribution is 8.13. The van der Waals surface area contributed by atoms with E-state index in [0.29, 0.717) is 5.92 Å². The smallest absolute Gasteiger partial charge is 0.406 e. The molecule has 1 aliphatic rings. The number of ether oxygens (including phenoxy) is 1. The van der Waals surface area contributed by atoms with Crippen LogP contribution in [0.1, 0.15) is 34.6 Å². The maximum Gasteiger partial charge on any atom is 0.597 e. The van der Waals surface area contributed by atoms with Crippen LogP contribution in [0.25, 0.3) is 0 Å². The second-order valence-corrected chi connectivity index (χ2v) is 6.24. The second kappa shape index (κ2) is 4.56. The molecule has 15 heavy (non-hydrogen) atoms. The minimum atomic E-state index is -0.414. The van der Waals surface area contributed by atoms with Gasteiger partial charge in [-0.15, -0.1) is 4.58 Å². The molecule has 1 heterocycles. The van der Waals surface area contributed by atoms with Crippen LogP contribution in [-0.2, 0) is 4.74 Å². The molecule has 0 aromatic heterocycles. The minimum absolute atomic E-state index is 0.223. The van der Waals surface area contributed by atoms with E-state index in [-0.39, 0.29) is 6.09 Å². The molecule has 1 aliphatic heterocycles. The first-order chi connectivity index (χ1) is 6.79. The average Bonchev–Trinajstić information content (AvgIpc) is 2.06. The van der Waals surface area contributed by atoms with Gasteiger partial charge in [-0.05, 0) is 20.8 Å². The van der Waals surface area contributed by atoms with Gasteiger partial charge >= 0.3 is 6.09 Å². The van der Waals surface area contributed by atoms with Crippen LogP contribution >= 0.6 is 11.8 Å². The lowest BCUT2D eigenvalue weighted by atomic mass is 10.2. The molecule has 0 saturated carbocycles. The van der Waals surface area contributed by atoms with Crippen LogP contribution in [0.3, 0.4) is 0 Å². The summed E-state index contributed by atoms with van der Waals surface area (Å²) in [7, 11) is 0. The molecular formula is C11H20NO2S+. The fourth-order valence-corrected chi connectivity index (χ4v) is 2.29. The van der Waals surface area contributed by atoms with Crippen LogP contribution in [0.15, 0.2) is 0 Å². The monoisotopic (exact) mass is 230 g/mol. The van der Waals surface area contributed by atoms with Crippen molar-refractivity contribution in [3.8, 4) is 0 Å². The normalized spacial score (nSPS) is 22.9. The Hall–Kier alpha value is -0.510.